The molecule has 122 valence electrons. The third kappa shape index (κ3) is 3.24. The zero-order valence-electron chi connectivity index (χ0n) is 12.8. The summed E-state index contributed by atoms with van der Waals surface area (Å²) >= 11 is 0. The van der Waals surface area contributed by atoms with Crippen molar-refractivity contribution in [3.05, 3.63) is 81.7 Å². The van der Waals surface area contributed by atoms with Crippen molar-refractivity contribution in [3.63, 3.8) is 0 Å². The fourth-order valence-corrected chi connectivity index (χ4v) is 2.25. The van der Waals surface area contributed by atoms with Crippen LogP contribution in [0.3, 0.4) is 0 Å². The molecule has 0 spiro atoms. The molecule has 3 aromatic rings. The summed E-state index contributed by atoms with van der Waals surface area (Å²) in [5.74, 6) is -0.245. The van der Waals surface area contributed by atoms with Gasteiger partial charge in [0.1, 0.15) is 17.1 Å². The smallest absolute Gasteiger partial charge is 0.263 e. The molecule has 7 heteroatoms. The van der Waals surface area contributed by atoms with Gasteiger partial charge in [-0.1, -0.05) is 23.4 Å². The monoisotopic (exact) mass is 327 g/mol. The number of pyridine rings is 1. The van der Waals surface area contributed by atoms with Crippen molar-refractivity contribution >= 4 is 11.7 Å². The first kappa shape index (κ1) is 15.7. The molecular weight excluding hydrogens is 313 g/mol. The molecule has 0 saturated carbocycles. The number of carbonyl (C=O) groups is 1. The second-order valence-corrected chi connectivity index (χ2v) is 5.22. The number of nitrogens with zero attached hydrogens (tertiary/aromatic N) is 2. The van der Waals surface area contributed by atoms with E-state index in [1.165, 1.54) is 22.9 Å². The largest absolute Gasteiger partial charge is 0.360 e. The molecule has 6 nitrogen and oxygen atoms in total. The molecule has 0 bridgehead atoms. The van der Waals surface area contributed by atoms with Crippen LogP contribution in [0.4, 0.5) is 10.2 Å². The van der Waals surface area contributed by atoms with Gasteiger partial charge in [0.25, 0.3) is 11.5 Å². The van der Waals surface area contributed by atoms with Crippen molar-refractivity contribution in [1.82, 2.24) is 9.72 Å². The lowest BCUT2D eigenvalue weighted by Gasteiger charge is -2.08. The normalized spacial score (nSPS) is 10.6. The Labute approximate surface area is 136 Å². The highest BCUT2D eigenvalue weighted by Crippen LogP contribution is 2.10. The number of benzene rings is 1. The Balaban J connectivity index is 1.87. The van der Waals surface area contributed by atoms with Gasteiger partial charge in [-0.3, -0.25) is 9.59 Å². The Morgan fingerprint density at radius 1 is 1.29 bits per heavy atom. The predicted molar refractivity (Wildman–Crippen MR) is 85.4 cm³/mol. The fraction of sp³-hybridized carbons (Fsp3) is 0.118. The predicted octanol–water partition coefficient (Wildman–Crippen LogP) is 2.58. The highest BCUT2D eigenvalue weighted by Gasteiger charge is 2.14. The first-order valence-corrected chi connectivity index (χ1v) is 7.22. The van der Waals surface area contributed by atoms with E-state index in [2.05, 4.69) is 10.5 Å². The molecule has 3 rings (SSSR count). The maximum Gasteiger partial charge on any atom is 0.263 e. The zero-order valence-corrected chi connectivity index (χ0v) is 12.8. The second kappa shape index (κ2) is 6.49. The number of hydrogen-bond acceptors (Lipinski definition) is 4. The van der Waals surface area contributed by atoms with Crippen molar-refractivity contribution in [3.8, 4) is 0 Å². The van der Waals surface area contributed by atoms with Crippen LogP contribution in [0.5, 0.6) is 0 Å². The van der Waals surface area contributed by atoms with Gasteiger partial charge >= 0.3 is 0 Å². The van der Waals surface area contributed by atoms with E-state index in [1.54, 1.807) is 37.3 Å². The number of hydrogen-bond donors (Lipinski definition) is 1. The summed E-state index contributed by atoms with van der Waals surface area (Å²) in [6.45, 7) is 1.72. The number of halogens is 1. The Bertz CT molecular complexity index is 946. The van der Waals surface area contributed by atoms with Crippen LogP contribution in [0.1, 0.15) is 21.7 Å². The highest BCUT2D eigenvalue weighted by molar-refractivity contribution is 6.03. The minimum Gasteiger partial charge on any atom is -0.360 e. The summed E-state index contributed by atoms with van der Waals surface area (Å²) in [7, 11) is 0. The molecule has 0 saturated heterocycles. The molecule has 0 fully saturated rings. The SMILES string of the molecule is Cc1cc(NC(=O)c2cccn(Cc3ccccc3F)c2=O)no1. The number of nitrogens with one attached hydrogen (secondary N) is 1. The summed E-state index contributed by atoms with van der Waals surface area (Å²) < 4.78 is 19.9. The van der Waals surface area contributed by atoms with Crippen LogP contribution in [0.2, 0.25) is 0 Å². The third-order valence-electron chi connectivity index (χ3n) is 3.43. The van der Waals surface area contributed by atoms with Crippen LogP contribution in [0.15, 0.2) is 58.0 Å². The van der Waals surface area contributed by atoms with Gasteiger partial charge in [0.05, 0.1) is 6.54 Å². The standard InChI is InChI=1S/C17H14FN3O3/c1-11-9-15(20-24-11)19-16(22)13-6-4-8-21(17(13)23)10-12-5-2-3-7-14(12)18/h2-9H,10H2,1H3,(H,19,20,22). The van der Waals surface area contributed by atoms with E-state index in [9.17, 15) is 14.0 Å². The number of carbonyl (C=O) groups excluding carboxylic acids is 1. The Hall–Kier alpha value is -3.22. The number of aromatic nitrogens is 2. The van der Waals surface area contributed by atoms with Gasteiger partial charge < -0.3 is 14.4 Å². The first-order chi connectivity index (χ1) is 11.5. The molecule has 0 unspecified atom stereocenters. The topological polar surface area (TPSA) is 77.1 Å². The fourth-order valence-electron chi connectivity index (χ4n) is 2.25. The summed E-state index contributed by atoms with van der Waals surface area (Å²) in [5, 5.41) is 6.14. The van der Waals surface area contributed by atoms with Crippen LogP contribution in [-0.4, -0.2) is 15.6 Å². The number of rotatable bonds is 4. The van der Waals surface area contributed by atoms with Gasteiger partial charge in [0.2, 0.25) is 0 Å². The van der Waals surface area contributed by atoms with Crippen molar-refractivity contribution in [2.24, 2.45) is 0 Å². The molecule has 2 aromatic heterocycles. The maximum absolute atomic E-state index is 13.7. The van der Waals surface area contributed by atoms with Gasteiger partial charge in [-0.15, -0.1) is 0 Å². The Morgan fingerprint density at radius 2 is 2.08 bits per heavy atom. The van der Waals surface area contributed by atoms with E-state index in [0.717, 1.165) is 0 Å². The molecule has 0 atom stereocenters. The van der Waals surface area contributed by atoms with Crippen molar-refractivity contribution < 1.29 is 13.7 Å². The average Bonchev–Trinajstić information content (AvgIpc) is 2.96. The van der Waals surface area contributed by atoms with Gasteiger partial charge in [-0.2, -0.15) is 0 Å². The summed E-state index contributed by atoms with van der Waals surface area (Å²) in [6, 6.07) is 10.7. The van der Waals surface area contributed by atoms with Gasteiger partial charge in [-0.05, 0) is 25.1 Å². The van der Waals surface area contributed by atoms with E-state index >= 15 is 0 Å². The van der Waals surface area contributed by atoms with Gasteiger partial charge in [0.15, 0.2) is 5.82 Å². The lowest BCUT2D eigenvalue weighted by Crippen LogP contribution is -2.29. The quantitative estimate of drug-likeness (QED) is 0.799. The Kier molecular flexibility index (Phi) is 4.24. The van der Waals surface area contributed by atoms with Crippen LogP contribution in [0.25, 0.3) is 0 Å². The third-order valence-corrected chi connectivity index (χ3v) is 3.43. The van der Waals surface area contributed by atoms with Crippen molar-refractivity contribution in [2.45, 2.75) is 13.5 Å². The molecular formula is C17H14FN3O3. The van der Waals surface area contributed by atoms with Crippen LogP contribution < -0.4 is 10.9 Å². The molecule has 24 heavy (non-hydrogen) atoms. The minimum atomic E-state index is -0.601. The first-order valence-electron chi connectivity index (χ1n) is 7.22. The molecule has 0 aliphatic rings. The lowest BCUT2D eigenvalue weighted by molar-refractivity contribution is 0.102. The molecule has 0 aliphatic carbocycles. The molecule has 1 amide bonds. The molecule has 0 radical (unpaired) electrons. The average molecular weight is 327 g/mol. The molecule has 0 aliphatic heterocycles. The number of anilines is 1. The summed E-state index contributed by atoms with van der Waals surface area (Å²) in [4.78, 5) is 24.7. The summed E-state index contributed by atoms with van der Waals surface area (Å²) in [6.07, 6.45) is 1.51. The van der Waals surface area contributed by atoms with E-state index in [0.29, 0.717) is 11.3 Å². The van der Waals surface area contributed by atoms with E-state index in [4.69, 9.17) is 4.52 Å². The lowest BCUT2D eigenvalue weighted by atomic mass is 10.2. The molecule has 1 N–H and O–H groups in total. The van der Waals surface area contributed by atoms with Crippen molar-refractivity contribution in [2.75, 3.05) is 5.32 Å². The van der Waals surface area contributed by atoms with Gasteiger partial charge in [0, 0.05) is 17.8 Å². The second-order valence-electron chi connectivity index (χ2n) is 5.22. The number of amides is 1. The Morgan fingerprint density at radius 3 is 2.79 bits per heavy atom. The van der Waals surface area contributed by atoms with E-state index in [1.807, 2.05) is 0 Å². The molecule has 2 heterocycles. The van der Waals surface area contributed by atoms with Crippen molar-refractivity contribution in [1.29, 1.82) is 0 Å². The van der Waals surface area contributed by atoms with E-state index in [-0.39, 0.29) is 17.9 Å². The highest BCUT2D eigenvalue weighted by atomic mass is 19.1. The minimum absolute atomic E-state index is 0.0374. The van der Waals surface area contributed by atoms with E-state index < -0.39 is 17.3 Å². The van der Waals surface area contributed by atoms with Crippen LogP contribution in [0, 0.1) is 12.7 Å². The van der Waals surface area contributed by atoms with Crippen LogP contribution >= 0.6 is 0 Å². The molecule has 1 aromatic carbocycles. The number of aryl methyl sites for hydroxylation is 1. The zero-order chi connectivity index (χ0) is 17.1. The summed E-state index contributed by atoms with van der Waals surface area (Å²) in [5.41, 5.74) is -0.211. The maximum atomic E-state index is 13.7. The van der Waals surface area contributed by atoms with Gasteiger partial charge in [-0.25, -0.2) is 4.39 Å². The van der Waals surface area contributed by atoms with Crippen LogP contribution in [-0.2, 0) is 6.54 Å².